The first-order valence-electron chi connectivity index (χ1n) is 6.08. The van der Waals surface area contributed by atoms with E-state index in [0.29, 0.717) is 5.25 Å². The Balaban J connectivity index is 2.70. The molecule has 0 N–H and O–H groups in total. The van der Waals surface area contributed by atoms with Crippen molar-refractivity contribution in [3.05, 3.63) is 35.9 Å². The van der Waals surface area contributed by atoms with Crippen LogP contribution in [0.5, 0.6) is 0 Å². The van der Waals surface area contributed by atoms with Gasteiger partial charge in [-0.3, -0.25) is 0 Å². The predicted octanol–water partition coefficient (Wildman–Crippen LogP) is 4.50. The highest BCUT2D eigenvalue weighted by Gasteiger charge is 2.14. The van der Waals surface area contributed by atoms with Gasteiger partial charge >= 0.3 is 0 Å². The summed E-state index contributed by atoms with van der Waals surface area (Å²) >= 11 is 7.20. The van der Waals surface area contributed by atoms with Gasteiger partial charge in [0, 0.05) is 19.3 Å². The van der Waals surface area contributed by atoms with Crippen LogP contribution in [0.15, 0.2) is 30.3 Å². The van der Waals surface area contributed by atoms with Crippen molar-refractivity contribution in [2.24, 2.45) is 0 Å². The molecule has 0 bridgehead atoms. The van der Waals surface area contributed by atoms with E-state index in [9.17, 15) is 0 Å². The van der Waals surface area contributed by atoms with Crippen LogP contribution in [-0.4, -0.2) is 23.3 Å². The molecule has 17 heavy (non-hydrogen) atoms. The van der Waals surface area contributed by atoms with E-state index >= 15 is 0 Å². The highest BCUT2D eigenvalue weighted by molar-refractivity contribution is 8.23. The first-order valence-corrected chi connectivity index (χ1v) is 7.36. The molecule has 0 spiro atoms. The van der Waals surface area contributed by atoms with Crippen LogP contribution >= 0.6 is 24.0 Å². The van der Waals surface area contributed by atoms with Crippen LogP contribution in [0.25, 0.3) is 0 Å². The van der Waals surface area contributed by atoms with Crippen molar-refractivity contribution >= 4 is 28.3 Å². The quantitative estimate of drug-likeness (QED) is 0.723. The number of hydrogen-bond acceptors (Lipinski definition) is 2. The van der Waals surface area contributed by atoms with Gasteiger partial charge in [-0.1, -0.05) is 74.1 Å². The van der Waals surface area contributed by atoms with E-state index in [-0.39, 0.29) is 0 Å². The molecule has 0 radical (unpaired) electrons. The van der Waals surface area contributed by atoms with Crippen LogP contribution in [0.4, 0.5) is 0 Å². The molecule has 1 unspecified atom stereocenters. The number of rotatable bonds is 5. The summed E-state index contributed by atoms with van der Waals surface area (Å²) in [6, 6.07) is 10.7. The number of thioether (sulfide) groups is 1. The van der Waals surface area contributed by atoms with Gasteiger partial charge in [0.2, 0.25) is 0 Å². The van der Waals surface area contributed by atoms with E-state index in [1.54, 1.807) is 11.8 Å². The Kier molecular flexibility index (Phi) is 6.60. The third kappa shape index (κ3) is 5.09. The van der Waals surface area contributed by atoms with Crippen molar-refractivity contribution in [2.45, 2.75) is 31.4 Å². The van der Waals surface area contributed by atoms with Gasteiger partial charge in [-0.05, 0) is 12.0 Å². The molecule has 0 aliphatic heterocycles. The van der Waals surface area contributed by atoms with Crippen molar-refractivity contribution in [1.29, 1.82) is 0 Å². The second-order valence-electron chi connectivity index (χ2n) is 4.32. The zero-order valence-corrected chi connectivity index (χ0v) is 12.5. The molecule has 0 fully saturated rings. The second-order valence-corrected chi connectivity index (χ2v) is 6.16. The minimum atomic E-state index is 0.492. The zero-order valence-electron chi connectivity index (χ0n) is 10.8. The predicted molar refractivity (Wildman–Crippen MR) is 82.6 cm³/mol. The van der Waals surface area contributed by atoms with Crippen molar-refractivity contribution in [3.63, 3.8) is 0 Å². The molecular formula is C14H21NS2. The monoisotopic (exact) mass is 267 g/mol. The topological polar surface area (TPSA) is 3.24 Å². The number of benzene rings is 1. The summed E-state index contributed by atoms with van der Waals surface area (Å²) in [4.78, 5) is 2.02. The Morgan fingerprint density at radius 2 is 1.94 bits per heavy atom. The molecule has 1 nitrogen and oxygen atoms in total. The second kappa shape index (κ2) is 7.72. The van der Waals surface area contributed by atoms with E-state index in [1.165, 1.54) is 24.8 Å². The summed E-state index contributed by atoms with van der Waals surface area (Å²) in [5.74, 6) is 0. The minimum absolute atomic E-state index is 0.492. The number of hydrogen-bond donors (Lipinski definition) is 0. The average Bonchev–Trinajstić information content (AvgIpc) is 2.35. The maximum absolute atomic E-state index is 5.39. The lowest BCUT2D eigenvalue weighted by Gasteiger charge is -2.20. The SMILES string of the molecule is CCCCC(SC(=S)N(C)C)c1ccccc1. The maximum atomic E-state index is 5.39. The molecule has 1 aromatic rings. The van der Waals surface area contributed by atoms with Gasteiger partial charge in [-0.25, -0.2) is 0 Å². The van der Waals surface area contributed by atoms with Crippen LogP contribution < -0.4 is 0 Å². The van der Waals surface area contributed by atoms with Gasteiger partial charge in [0.25, 0.3) is 0 Å². The Morgan fingerprint density at radius 3 is 2.47 bits per heavy atom. The van der Waals surface area contributed by atoms with E-state index in [0.717, 1.165) is 4.32 Å². The number of unbranched alkanes of at least 4 members (excludes halogenated alkanes) is 1. The normalized spacial score (nSPS) is 12.2. The summed E-state index contributed by atoms with van der Waals surface area (Å²) < 4.78 is 0.968. The zero-order chi connectivity index (χ0) is 12.7. The molecule has 94 valence electrons. The van der Waals surface area contributed by atoms with E-state index in [4.69, 9.17) is 12.2 Å². The van der Waals surface area contributed by atoms with Crippen LogP contribution in [0.1, 0.15) is 37.0 Å². The van der Waals surface area contributed by atoms with Gasteiger partial charge in [0.15, 0.2) is 0 Å². The first-order chi connectivity index (χ1) is 8.15. The van der Waals surface area contributed by atoms with Crippen LogP contribution in [-0.2, 0) is 0 Å². The van der Waals surface area contributed by atoms with Gasteiger partial charge in [-0.2, -0.15) is 0 Å². The molecule has 0 saturated carbocycles. The van der Waals surface area contributed by atoms with Crippen molar-refractivity contribution < 1.29 is 0 Å². The Morgan fingerprint density at radius 1 is 1.29 bits per heavy atom. The molecule has 0 aliphatic rings. The highest BCUT2D eigenvalue weighted by atomic mass is 32.2. The third-order valence-corrected chi connectivity index (χ3v) is 4.61. The Labute approximate surface area is 115 Å². The summed E-state index contributed by atoms with van der Waals surface area (Å²) in [5.41, 5.74) is 1.38. The van der Waals surface area contributed by atoms with Crippen LogP contribution in [0.2, 0.25) is 0 Å². The lowest BCUT2D eigenvalue weighted by molar-refractivity contribution is 0.646. The Bertz CT molecular complexity index is 335. The van der Waals surface area contributed by atoms with Crippen LogP contribution in [0.3, 0.4) is 0 Å². The van der Waals surface area contributed by atoms with Crippen molar-refractivity contribution in [1.82, 2.24) is 4.90 Å². The lowest BCUT2D eigenvalue weighted by Crippen LogP contribution is -2.17. The molecule has 1 rings (SSSR count). The van der Waals surface area contributed by atoms with Gasteiger partial charge < -0.3 is 4.90 Å². The molecule has 0 saturated heterocycles. The van der Waals surface area contributed by atoms with Gasteiger partial charge in [0.1, 0.15) is 4.32 Å². The fourth-order valence-corrected chi connectivity index (χ4v) is 2.96. The number of nitrogens with zero attached hydrogens (tertiary/aromatic N) is 1. The third-order valence-electron chi connectivity index (χ3n) is 2.60. The Hall–Kier alpha value is -0.540. The molecule has 0 aliphatic carbocycles. The van der Waals surface area contributed by atoms with Crippen molar-refractivity contribution in [2.75, 3.05) is 14.1 Å². The minimum Gasteiger partial charge on any atom is -0.364 e. The number of thiocarbonyl (C=S) groups is 1. The van der Waals surface area contributed by atoms with Gasteiger partial charge in [-0.15, -0.1) is 0 Å². The molecule has 1 aromatic carbocycles. The van der Waals surface area contributed by atoms with Gasteiger partial charge in [0.05, 0.1) is 0 Å². The highest BCUT2D eigenvalue weighted by Crippen LogP contribution is 2.34. The lowest BCUT2D eigenvalue weighted by atomic mass is 10.1. The fraction of sp³-hybridized carbons (Fsp3) is 0.500. The van der Waals surface area contributed by atoms with E-state index in [1.807, 2.05) is 19.0 Å². The fourth-order valence-electron chi connectivity index (χ4n) is 1.58. The molecule has 0 amide bonds. The first kappa shape index (κ1) is 14.5. The summed E-state index contributed by atoms with van der Waals surface area (Å²) in [6.07, 6.45) is 3.68. The summed E-state index contributed by atoms with van der Waals surface area (Å²) in [6.45, 7) is 2.23. The molecule has 3 heteroatoms. The maximum Gasteiger partial charge on any atom is 0.136 e. The molecule has 0 aromatic heterocycles. The van der Waals surface area contributed by atoms with E-state index in [2.05, 4.69) is 37.3 Å². The average molecular weight is 267 g/mol. The van der Waals surface area contributed by atoms with E-state index < -0.39 is 0 Å². The van der Waals surface area contributed by atoms with Crippen molar-refractivity contribution in [3.8, 4) is 0 Å². The molecule has 0 heterocycles. The largest absolute Gasteiger partial charge is 0.364 e. The standard InChI is InChI=1S/C14H21NS2/c1-4-5-11-13(17-14(16)15(2)3)12-9-7-6-8-10-12/h6-10,13H,4-5,11H2,1-3H3. The molecule has 1 atom stereocenters. The summed E-state index contributed by atoms with van der Waals surface area (Å²) in [7, 11) is 4.02. The smallest absolute Gasteiger partial charge is 0.136 e. The summed E-state index contributed by atoms with van der Waals surface area (Å²) in [5, 5.41) is 0.492. The molecular weight excluding hydrogens is 246 g/mol. The van der Waals surface area contributed by atoms with Crippen LogP contribution in [0, 0.1) is 0 Å².